The van der Waals surface area contributed by atoms with Crippen LogP contribution in [0.3, 0.4) is 0 Å². The van der Waals surface area contributed by atoms with Gasteiger partial charge in [0.15, 0.2) is 0 Å². The minimum absolute atomic E-state index is 0.125. The van der Waals surface area contributed by atoms with Gasteiger partial charge in [0.05, 0.1) is 6.04 Å². The molecule has 10 N–H and O–H groups in total. The van der Waals surface area contributed by atoms with Crippen LogP contribution in [0.15, 0.2) is 0 Å². The van der Waals surface area contributed by atoms with Gasteiger partial charge >= 0.3 is 5.97 Å². The van der Waals surface area contributed by atoms with Crippen LogP contribution in [0, 0.1) is 11.8 Å². The lowest BCUT2D eigenvalue weighted by Crippen LogP contribution is -2.59. The quantitative estimate of drug-likeness (QED) is 0.0813. The fourth-order valence-corrected chi connectivity index (χ4v) is 6.22. The van der Waals surface area contributed by atoms with E-state index >= 15 is 0 Å². The Morgan fingerprint density at radius 3 is 1.85 bits per heavy atom. The van der Waals surface area contributed by atoms with Crippen molar-refractivity contribution in [2.75, 3.05) is 19.6 Å². The summed E-state index contributed by atoms with van der Waals surface area (Å²) in [5, 5.41) is 17.4. The van der Waals surface area contributed by atoms with Gasteiger partial charge in [-0.3, -0.25) is 28.8 Å². The summed E-state index contributed by atoms with van der Waals surface area (Å²) in [6.07, 6.45) is 3.04. The molecule has 0 aliphatic carbocycles. The molecule has 272 valence electrons. The maximum atomic E-state index is 13.9. The van der Waals surface area contributed by atoms with Gasteiger partial charge < -0.3 is 48.1 Å². The van der Waals surface area contributed by atoms with Gasteiger partial charge in [0.2, 0.25) is 35.4 Å². The fraction of sp³-hybridized carbons (Fsp3) is 0.781. The van der Waals surface area contributed by atoms with Gasteiger partial charge in [-0.05, 0) is 76.2 Å². The van der Waals surface area contributed by atoms with Crippen LogP contribution >= 0.6 is 0 Å². The summed E-state index contributed by atoms with van der Waals surface area (Å²) >= 11 is 0. The first-order valence-electron chi connectivity index (χ1n) is 17.1. The molecule has 16 heteroatoms. The normalized spacial score (nSPS) is 20.2. The average Bonchev–Trinajstić information content (AvgIpc) is 3.70. The maximum absolute atomic E-state index is 13.9. The number of nitrogens with zero attached hydrogens (tertiary/aromatic N) is 2. The van der Waals surface area contributed by atoms with Crippen LogP contribution in [0.5, 0.6) is 0 Å². The molecule has 2 saturated heterocycles. The molecule has 16 nitrogen and oxygen atoms in total. The second-order valence-corrected chi connectivity index (χ2v) is 13.6. The predicted molar refractivity (Wildman–Crippen MR) is 177 cm³/mol. The highest BCUT2D eigenvalue weighted by Crippen LogP contribution is 2.23. The molecule has 0 saturated carbocycles. The molecule has 6 atom stereocenters. The second-order valence-electron chi connectivity index (χ2n) is 13.6. The number of nitrogens with one attached hydrogen (secondary N) is 3. The van der Waals surface area contributed by atoms with Crippen molar-refractivity contribution in [3.05, 3.63) is 0 Å². The van der Waals surface area contributed by atoms with Gasteiger partial charge in [0, 0.05) is 19.5 Å². The number of primary amides is 1. The molecule has 2 aliphatic rings. The number of hydrogen-bond acceptors (Lipinski definition) is 9. The number of carboxylic acids is 1. The predicted octanol–water partition coefficient (Wildman–Crippen LogP) is -1.07. The molecule has 0 unspecified atom stereocenters. The van der Waals surface area contributed by atoms with Gasteiger partial charge in [-0.15, -0.1) is 0 Å². The van der Waals surface area contributed by atoms with Crippen LogP contribution in [-0.4, -0.2) is 112 Å². The largest absolute Gasteiger partial charge is 0.480 e. The highest BCUT2D eigenvalue weighted by atomic mass is 16.4. The van der Waals surface area contributed by atoms with E-state index in [1.165, 1.54) is 9.80 Å². The lowest BCUT2D eigenvalue weighted by molar-refractivity contribution is -0.145. The lowest BCUT2D eigenvalue weighted by atomic mass is 10.0. The van der Waals surface area contributed by atoms with Gasteiger partial charge in [-0.2, -0.15) is 0 Å². The van der Waals surface area contributed by atoms with Gasteiger partial charge in [-0.1, -0.05) is 27.7 Å². The molecular weight excluding hydrogens is 624 g/mol. The minimum Gasteiger partial charge on any atom is -0.480 e. The first kappa shape index (κ1) is 40.4. The van der Waals surface area contributed by atoms with Crippen molar-refractivity contribution in [1.82, 2.24) is 25.8 Å². The van der Waals surface area contributed by atoms with Crippen LogP contribution in [0.4, 0.5) is 0 Å². The first-order chi connectivity index (χ1) is 22.6. The van der Waals surface area contributed by atoms with E-state index in [0.29, 0.717) is 51.6 Å². The smallest absolute Gasteiger partial charge is 0.326 e. The summed E-state index contributed by atoms with van der Waals surface area (Å²) in [5.41, 5.74) is 16.9. The third-order valence-corrected chi connectivity index (χ3v) is 8.82. The van der Waals surface area contributed by atoms with Crippen LogP contribution in [0.25, 0.3) is 0 Å². The average molecular weight is 681 g/mol. The fourth-order valence-electron chi connectivity index (χ4n) is 6.22. The number of carboxylic acid groups (broad SMARTS) is 1. The number of unbranched alkanes of at least 4 members (excludes halogenated alkanes) is 1. The molecule has 2 fully saturated rings. The molecule has 2 aliphatic heterocycles. The van der Waals surface area contributed by atoms with Gasteiger partial charge in [0.1, 0.15) is 30.2 Å². The van der Waals surface area contributed by atoms with Crippen molar-refractivity contribution >= 4 is 41.4 Å². The van der Waals surface area contributed by atoms with Crippen LogP contribution in [0.1, 0.15) is 91.9 Å². The highest BCUT2D eigenvalue weighted by molar-refractivity contribution is 5.97. The molecule has 48 heavy (non-hydrogen) atoms. The number of aliphatic carboxylic acids is 1. The monoisotopic (exact) mass is 680 g/mol. The van der Waals surface area contributed by atoms with Crippen molar-refractivity contribution in [1.29, 1.82) is 0 Å². The molecule has 0 spiro atoms. The minimum atomic E-state index is -1.28. The van der Waals surface area contributed by atoms with E-state index in [4.69, 9.17) is 17.2 Å². The third-order valence-electron chi connectivity index (χ3n) is 8.82. The first-order valence-corrected chi connectivity index (χ1v) is 17.1. The van der Waals surface area contributed by atoms with Crippen molar-refractivity contribution in [2.45, 2.75) is 128 Å². The topological polar surface area (TPSA) is 260 Å². The van der Waals surface area contributed by atoms with Crippen LogP contribution in [-0.2, 0) is 33.6 Å². The Hall–Kier alpha value is -3.79. The number of likely N-dealkylation sites (tertiary alicyclic amines) is 2. The molecule has 2 rings (SSSR count). The van der Waals surface area contributed by atoms with Crippen molar-refractivity contribution in [3.63, 3.8) is 0 Å². The molecule has 0 bridgehead atoms. The van der Waals surface area contributed by atoms with E-state index in [1.807, 2.05) is 13.8 Å². The number of hydrogen-bond donors (Lipinski definition) is 7. The number of nitrogens with two attached hydrogens (primary N) is 3. The third kappa shape index (κ3) is 11.7. The number of carbonyl (C=O) groups is 7. The summed E-state index contributed by atoms with van der Waals surface area (Å²) in [5.74, 6) is -4.81. The summed E-state index contributed by atoms with van der Waals surface area (Å²) in [7, 11) is 0. The van der Waals surface area contributed by atoms with Crippen molar-refractivity contribution in [3.8, 4) is 0 Å². The number of rotatable bonds is 19. The zero-order valence-electron chi connectivity index (χ0n) is 28.7. The Bertz CT molecular complexity index is 1160. The van der Waals surface area contributed by atoms with E-state index in [-0.39, 0.29) is 50.0 Å². The van der Waals surface area contributed by atoms with E-state index in [2.05, 4.69) is 16.0 Å². The molecule has 0 radical (unpaired) electrons. The molecule has 0 aromatic heterocycles. The zero-order chi connectivity index (χ0) is 36.1. The number of amides is 6. The molecule has 2 heterocycles. The Balaban J connectivity index is 2.17. The SMILES string of the molecule is CC(C)C[C@H](N)C(=O)N1CCC[C@H]1C(=O)N[C@H](C(=O)N1CCC[C@H]1C(=O)N[C@@H](CCC(N)=O)C(=O)N[C@@H](CCCCN)C(=O)O)C(C)C. The molecule has 0 aromatic carbocycles. The Labute approximate surface area is 282 Å². The molecule has 0 aromatic rings. The van der Waals surface area contributed by atoms with Gasteiger partial charge in [-0.25, -0.2) is 4.79 Å². The highest BCUT2D eigenvalue weighted by Gasteiger charge is 2.42. The zero-order valence-corrected chi connectivity index (χ0v) is 28.7. The Kier molecular flexibility index (Phi) is 16.2. The van der Waals surface area contributed by atoms with Crippen LogP contribution < -0.4 is 33.2 Å². The summed E-state index contributed by atoms with van der Waals surface area (Å²) < 4.78 is 0. The van der Waals surface area contributed by atoms with Crippen molar-refractivity contribution < 1.29 is 38.7 Å². The van der Waals surface area contributed by atoms with Crippen LogP contribution in [0.2, 0.25) is 0 Å². The summed E-state index contributed by atoms with van der Waals surface area (Å²) in [6, 6.07) is -5.98. The van der Waals surface area contributed by atoms with E-state index < -0.39 is 71.8 Å². The Morgan fingerprint density at radius 2 is 1.35 bits per heavy atom. The molecular formula is C32H56N8O8. The van der Waals surface area contributed by atoms with E-state index in [9.17, 15) is 38.7 Å². The maximum Gasteiger partial charge on any atom is 0.326 e. The van der Waals surface area contributed by atoms with Crippen molar-refractivity contribution in [2.24, 2.45) is 29.0 Å². The lowest BCUT2D eigenvalue weighted by Gasteiger charge is -2.33. The Morgan fingerprint density at radius 1 is 0.792 bits per heavy atom. The second kappa shape index (κ2) is 19.3. The standard InChI is InChI=1S/C32H56N8O8/c1-18(2)17-20(34)30(45)39-15-7-11-24(39)29(44)38-26(19(3)4)31(46)40-16-8-10-23(40)28(43)36-21(12-13-25(35)41)27(42)37-22(32(47)48)9-5-6-14-33/h18-24,26H,5-17,33-34H2,1-4H3,(H2,35,41)(H,36,43)(H,37,42)(H,38,44)(H,47,48)/t20-,21-,22-,23-,24-,26-/m0/s1. The van der Waals surface area contributed by atoms with E-state index in [1.54, 1.807) is 13.8 Å². The summed E-state index contributed by atoms with van der Waals surface area (Å²) in [4.78, 5) is 93.3. The van der Waals surface area contributed by atoms with Gasteiger partial charge in [0.25, 0.3) is 0 Å². The van der Waals surface area contributed by atoms with E-state index in [0.717, 1.165) is 0 Å². The molecule has 6 amide bonds. The number of carbonyl (C=O) groups excluding carboxylic acids is 6. The summed E-state index contributed by atoms with van der Waals surface area (Å²) in [6.45, 7) is 8.44.